The molecule has 2 atom stereocenters. The molecular formula is C16H30O. The van der Waals surface area contributed by atoms with Crippen molar-refractivity contribution in [2.75, 3.05) is 0 Å². The zero-order valence-corrected chi connectivity index (χ0v) is 12.2. The molecule has 0 aromatic rings. The summed E-state index contributed by atoms with van der Waals surface area (Å²) in [6.45, 7) is 8.97. The minimum atomic E-state index is 0.536. The molecule has 1 nitrogen and oxygen atoms in total. The molecule has 0 fully saturated rings. The molecule has 0 aliphatic heterocycles. The first-order chi connectivity index (χ1) is 8.13. The van der Waals surface area contributed by atoms with E-state index in [9.17, 15) is 4.79 Å². The van der Waals surface area contributed by atoms with Crippen LogP contribution in [0.4, 0.5) is 0 Å². The highest BCUT2D eigenvalue weighted by Crippen LogP contribution is 2.21. The fraction of sp³-hybridized carbons (Fsp3) is 0.812. The number of carbonyl (C=O) groups excluding carboxylic acids is 1. The van der Waals surface area contributed by atoms with Gasteiger partial charge in [-0.15, -0.1) is 0 Å². The minimum absolute atomic E-state index is 0.536. The van der Waals surface area contributed by atoms with Crippen molar-refractivity contribution in [3.8, 4) is 0 Å². The molecule has 0 bridgehead atoms. The quantitative estimate of drug-likeness (QED) is 0.380. The molecule has 17 heavy (non-hydrogen) atoms. The highest BCUT2D eigenvalue weighted by atomic mass is 16.1. The maximum atomic E-state index is 10.4. The van der Waals surface area contributed by atoms with E-state index in [4.69, 9.17) is 0 Å². The van der Waals surface area contributed by atoms with Crippen LogP contribution in [0.3, 0.4) is 0 Å². The smallest absolute Gasteiger partial charge is 0.120 e. The van der Waals surface area contributed by atoms with Crippen LogP contribution in [0, 0.1) is 11.8 Å². The second-order valence-corrected chi connectivity index (χ2v) is 5.40. The Bertz CT molecular complexity index is 218. The molecular weight excluding hydrogens is 208 g/mol. The predicted molar refractivity (Wildman–Crippen MR) is 76.1 cm³/mol. The van der Waals surface area contributed by atoms with E-state index in [1.807, 2.05) is 0 Å². The van der Waals surface area contributed by atoms with E-state index in [1.54, 1.807) is 0 Å². The highest BCUT2D eigenvalue weighted by molar-refractivity contribution is 5.49. The molecule has 0 spiro atoms. The Morgan fingerprint density at radius 2 is 1.94 bits per heavy atom. The monoisotopic (exact) mass is 238 g/mol. The number of hydrogen-bond donors (Lipinski definition) is 0. The Morgan fingerprint density at radius 3 is 2.47 bits per heavy atom. The molecule has 100 valence electrons. The van der Waals surface area contributed by atoms with Crippen LogP contribution >= 0.6 is 0 Å². The zero-order valence-electron chi connectivity index (χ0n) is 12.2. The molecule has 0 amide bonds. The van der Waals surface area contributed by atoms with Crippen molar-refractivity contribution >= 4 is 6.29 Å². The summed E-state index contributed by atoms with van der Waals surface area (Å²) in [6.07, 6.45) is 11.6. The molecule has 0 rings (SSSR count). The normalized spacial score (nSPS) is 15.6. The molecule has 0 aromatic carbocycles. The first kappa shape index (κ1) is 16.4. The number of allylic oxidation sites excluding steroid dienone is 2. The first-order valence-corrected chi connectivity index (χ1v) is 7.23. The van der Waals surface area contributed by atoms with E-state index in [1.165, 1.54) is 31.3 Å². The number of rotatable bonds is 10. The zero-order chi connectivity index (χ0) is 13.1. The maximum Gasteiger partial charge on any atom is 0.120 e. The Hall–Kier alpha value is -0.590. The van der Waals surface area contributed by atoms with Crippen molar-refractivity contribution in [3.63, 3.8) is 0 Å². The van der Waals surface area contributed by atoms with Gasteiger partial charge >= 0.3 is 0 Å². The van der Waals surface area contributed by atoms with Crippen molar-refractivity contribution < 1.29 is 4.79 Å². The van der Waals surface area contributed by atoms with Crippen LogP contribution in [0.5, 0.6) is 0 Å². The van der Waals surface area contributed by atoms with Gasteiger partial charge in [0.05, 0.1) is 0 Å². The van der Waals surface area contributed by atoms with Gasteiger partial charge in [0.15, 0.2) is 0 Å². The topological polar surface area (TPSA) is 17.1 Å². The third-order valence-corrected chi connectivity index (χ3v) is 3.54. The highest BCUT2D eigenvalue weighted by Gasteiger charge is 2.05. The fourth-order valence-corrected chi connectivity index (χ4v) is 2.29. The van der Waals surface area contributed by atoms with Crippen molar-refractivity contribution in [1.82, 2.24) is 0 Å². The van der Waals surface area contributed by atoms with Gasteiger partial charge in [-0.1, -0.05) is 51.7 Å². The van der Waals surface area contributed by atoms with Crippen LogP contribution < -0.4 is 0 Å². The van der Waals surface area contributed by atoms with E-state index in [0.717, 1.165) is 25.0 Å². The van der Waals surface area contributed by atoms with E-state index in [0.29, 0.717) is 12.3 Å². The van der Waals surface area contributed by atoms with Crippen molar-refractivity contribution in [3.05, 3.63) is 11.6 Å². The lowest BCUT2D eigenvalue weighted by molar-refractivity contribution is -0.108. The number of aldehydes is 1. The van der Waals surface area contributed by atoms with E-state index in [-0.39, 0.29) is 0 Å². The van der Waals surface area contributed by atoms with Gasteiger partial charge in [0.25, 0.3) is 0 Å². The molecule has 0 radical (unpaired) electrons. The molecule has 0 aliphatic rings. The fourth-order valence-electron chi connectivity index (χ4n) is 2.29. The van der Waals surface area contributed by atoms with Crippen LogP contribution in [0.2, 0.25) is 0 Å². The summed E-state index contributed by atoms with van der Waals surface area (Å²) in [5.74, 6) is 1.40. The van der Waals surface area contributed by atoms with Crippen LogP contribution in [-0.4, -0.2) is 6.29 Å². The van der Waals surface area contributed by atoms with Gasteiger partial charge in [0, 0.05) is 6.42 Å². The lowest BCUT2D eigenvalue weighted by atomic mass is 9.92. The largest absolute Gasteiger partial charge is 0.303 e. The summed E-state index contributed by atoms with van der Waals surface area (Å²) < 4.78 is 0. The molecule has 0 saturated carbocycles. The Balaban J connectivity index is 3.87. The van der Waals surface area contributed by atoms with E-state index >= 15 is 0 Å². The average molecular weight is 238 g/mol. The second kappa shape index (κ2) is 10.6. The van der Waals surface area contributed by atoms with E-state index in [2.05, 4.69) is 33.8 Å². The summed E-state index contributed by atoms with van der Waals surface area (Å²) in [7, 11) is 0. The van der Waals surface area contributed by atoms with Gasteiger partial charge in [0.2, 0.25) is 0 Å². The summed E-state index contributed by atoms with van der Waals surface area (Å²) >= 11 is 0. The Labute approximate surface area is 108 Å². The molecule has 0 aromatic heterocycles. The van der Waals surface area contributed by atoms with Crippen LogP contribution in [0.15, 0.2) is 11.6 Å². The van der Waals surface area contributed by atoms with E-state index < -0.39 is 0 Å². The lowest BCUT2D eigenvalue weighted by Crippen LogP contribution is -1.99. The summed E-state index contributed by atoms with van der Waals surface area (Å²) in [4.78, 5) is 10.4. The second-order valence-electron chi connectivity index (χ2n) is 5.40. The van der Waals surface area contributed by atoms with Gasteiger partial charge in [-0.3, -0.25) is 0 Å². The molecule has 0 N–H and O–H groups in total. The molecule has 2 unspecified atom stereocenters. The van der Waals surface area contributed by atoms with Gasteiger partial charge < -0.3 is 4.79 Å². The van der Waals surface area contributed by atoms with Crippen LogP contribution in [0.25, 0.3) is 0 Å². The molecule has 0 heterocycles. The summed E-state index contributed by atoms with van der Waals surface area (Å²) in [5, 5.41) is 0. The molecule has 1 heteroatoms. The van der Waals surface area contributed by atoms with Gasteiger partial charge in [0.1, 0.15) is 6.29 Å². The summed E-state index contributed by atoms with van der Waals surface area (Å²) in [6, 6.07) is 0. The van der Waals surface area contributed by atoms with Gasteiger partial charge in [-0.25, -0.2) is 0 Å². The third-order valence-electron chi connectivity index (χ3n) is 3.54. The standard InChI is InChI=1S/C16H30O/c1-5-8-16(6-2)13-15(4)10-7-9-14(3)11-12-17/h10,12,14,16H,5-9,11,13H2,1-4H3/b15-10-. The SMILES string of the molecule is CCCC(CC)C/C(C)=C\CCC(C)CC=O. The number of carbonyl (C=O) groups is 1. The van der Waals surface area contributed by atoms with Crippen molar-refractivity contribution in [2.24, 2.45) is 11.8 Å². The van der Waals surface area contributed by atoms with Gasteiger partial charge in [-0.05, 0) is 38.0 Å². The third kappa shape index (κ3) is 9.14. The lowest BCUT2D eigenvalue weighted by Gasteiger charge is -2.14. The Morgan fingerprint density at radius 1 is 1.24 bits per heavy atom. The van der Waals surface area contributed by atoms with Gasteiger partial charge in [-0.2, -0.15) is 0 Å². The maximum absolute atomic E-state index is 10.4. The predicted octanol–water partition coefficient (Wildman–Crippen LogP) is 5.15. The molecule has 0 saturated heterocycles. The van der Waals surface area contributed by atoms with Crippen LogP contribution in [-0.2, 0) is 4.79 Å². The van der Waals surface area contributed by atoms with Crippen molar-refractivity contribution in [1.29, 1.82) is 0 Å². The summed E-state index contributed by atoms with van der Waals surface area (Å²) in [5.41, 5.74) is 1.53. The van der Waals surface area contributed by atoms with Crippen LogP contribution in [0.1, 0.15) is 72.6 Å². The van der Waals surface area contributed by atoms with Crippen molar-refractivity contribution in [2.45, 2.75) is 72.6 Å². The number of hydrogen-bond acceptors (Lipinski definition) is 1. The first-order valence-electron chi connectivity index (χ1n) is 7.23. The molecule has 0 aliphatic carbocycles. The average Bonchev–Trinajstić information content (AvgIpc) is 2.28. The Kier molecular flexibility index (Phi) is 10.2. The minimum Gasteiger partial charge on any atom is -0.303 e.